The summed E-state index contributed by atoms with van der Waals surface area (Å²) >= 11 is 3.70. The van der Waals surface area contributed by atoms with Crippen molar-refractivity contribution >= 4 is 39.0 Å². The third kappa shape index (κ3) is 7.94. The van der Waals surface area contributed by atoms with E-state index in [-0.39, 0.29) is 23.7 Å². The molecule has 1 N–H and O–H groups in total. The number of nitrogens with one attached hydrogen (secondary N) is 1. The number of nitrogens with zero attached hydrogens (tertiary/aromatic N) is 2. The van der Waals surface area contributed by atoms with Gasteiger partial charge < -0.3 is 14.8 Å². The van der Waals surface area contributed by atoms with Crippen molar-refractivity contribution in [1.29, 1.82) is 5.26 Å². The molecule has 2 aromatic rings. The first kappa shape index (κ1) is 32.5. The normalized spacial score (nSPS) is 20.2. The Kier molecular flexibility index (Phi) is 10.5. The Bertz CT molecular complexity index is 1480. The molecule has 1 amide bonds. The molecule has 8 heteroatoms. The lowest BCUT2D eigenvalue weighted by atomic mass is 9.70. The number of nitriles is 1. The largest absolute Gasteiger partial charge is 0.490 e. The summed E-state index contributed by atoms with van der Waals surface area (Å²) in [6.07, 6.45) is 3.69. The van der Waals surface area contributed by atoms with E-state index in [2.05, 4.69) is 34.2 Å². The first-order chi connectivity index (χ1) is 20.4. The van der Waals surface area contributed by atoms with Gasteiger partial charge in [-0.2, -0.15) is 5.26 Å². The van der Waals surface area contributed by atoms with Crippen LogP contribution in [0.4, 0.5) is 5.69 Å². The summed E-state index contributed by atoms with van der Waals surface area (Å²) in [4.78, 5) is 30.7. The summed E-state index contributed by atoms with van der Waals surface area (Å²) in [6.45, 7) is 12.7. The van der Waals surface area contributed by atoms with E-state index in [1.54, 1.807) is 0 Å². The van der Waals surface area contributed by atoms with E-state index >= 15 is 0 Å². The number of Topliss-reactive ketones (excluding diaryl/α,β-unsaturated/α-hetero) is 1. The zero-order valence-corrected chi connectivity index (χ0v) is 27.6. The van der Waals surface area contributed by atoms with Crippen LogP contribution in [-0.2, 0) is 16.2 Å². The van der Waals surface area contributed by atoms with E-state index in [9.17, 15) is 14.9 Å². The second-order valence-electron chi connectivity index (χ2n) is 12.7. The smallest absolute Gasteiger partial charge is 0.224 e. The van der Waals surface area contributed by atoms with Crippen LogP contribution in [-0.4, -0.2) is 24.0 Å². The molecule has 3 atom stereocenters. The van der Waals surface area contributed by atoms with Gasteiger partial charge in [0.1, 0.15) is 6.61 Å². The number of carbonyl (C=O) groups excluding carboxylic acids is 2. The second kappa shape index (κ2) is 13.9. The average molecular weight is 649 g/mol. The molecule has 0 aromatic heterocycles. The van der Waals surface area contributed by atoms with Gasteiger partial charge in [0.25, 0.3) is 0 Å². The second-order valence-corrected chi connectivity index (χ2v) is 13.6. The quantitative estimate of drug-likeness (QED) is 0.278. The van der Waals surface area contributed by atoms with Crippen LogP contribution >= 0.6 is 15.9 Å². The maximum Gasteiger partial charge on any atom is 0.224 e. The molecule has 1 aliphatic carbocycles. The Morgan fingerprint density at radius 1 is 1.16 bits per heavy atom. The Hall–Kier alpha value is -3.44. The number of anilines is 1. The van der Waals surface area contributed by atoms with Crippen LogP contribution in [0.1, 0.15) is 90.7 Å². The highest BCUT2D eigenvalue weighted by atomic mass is 79.9. The number of benzene rings is 2. The van der Waals surface area contributed by atoms with Gasteiger partial charge in [-0.15, -0.1) is 0 Å². The molecule has 228 valence electrons. The minimum absolute atomic E-state index is 0.0307. The van der Waals surface area contributed by atoms with Gasteiger partial charge in [-0.05, 0) is 89.3 Å². The molecule has 3 unspecified atom stereocenters. The molecule has 0 bridgehead atoms. The van der Waals surface area contributed by atoms with Crippen LogP contribution in [0.2, 0.25) is 0 Å². The molecule has 43 heavy (non-hydrogen) atoms. The van der Waals surface area contributed by atoms with E-state index in [0.29, 0.717) is 52.6 Å². The summed E-state index contributed by atoms with van der Waals surface area (Å²) in [5.41, 5.74) is 4.55. The molecule has 0 saturated heterocycles. The van der Waals surface area contributed by atoms with Crippen molar-refractivity contribution < 1.29 is 19.1 Å². The molecule has 2 aromatic carbocycles. The molecular weight excluding hydrogens is 606 g/mol. The number of hydrogen-bond acceptors (Lipinski definition) is 6. The van der Waals surface area contributed by atoms with E-state index < -0.39 is 11.8 Å². The predicted molar refractivity (Wildman–Crippen MR) is 173 cm³/mol. The first-order valence-corrected chi connectivity index (χ1v) is 15.9. The molecule has 1 heterocycles. The van der Waals surface area contributed by atoms with E-state index in [0.717, 1.165) is 41.8 Å². The monoisotopic (exact) mass is 647 g/mol. The molecule has 1 aliphatic heterocycles. The third-order valence-electron chi connectivity index (χ3n) is 7.78. The molecule has 4 rings (SSSR count). The highest BCUT2D eigenvalue weighted by Crippen LogP contribution is 2.48. The average Bonchev–Trinajstić information content (AvgIpc) is 2.91. The lowest BCUT2D eigenvalue weighted by Gasteiger charge is -2.35. The Balaban J connectivity index is 1.62. The Labute approximate surface area is 263 Å². The standard InChI is InChI=1S/C35H42BrN3O4/c1-7-10-22-14-28-33(29(40)15-22)32(26(19-37)21(3)38-28)24-16-27(36)34(30(17-24)42-8-2)43-20-23-11-9-12-25(13-23)39-31(41)18-35(4,5)6/h9,11-13,16-17,22,26,32H,7-8,10,14-15,18,20H2,1-6H3,(H,39,41). The van der Waals surface area contributed by atoms with Crippen LogP contribution in [0.3, 0.4) is 0 Å². The number of ketones is 1. The summed E-state index contributed by atoms with van der Waals surface area (Å²) < 4.78 is 13.0. The predicted octanol–water partition coefficient (Wildman–Crippen LogP) is 8.53. The van der Waals surface area contributed by atoms with Crippen molar-refractivity contribution in [3.8, 4) is 17.6 Å². The maximum atomic E-state index is 13.5. The molecule has 2 aliphatic rings. The molecule has 0 fully saturated rings. The first-order valence-electron chi connectivity index (χ1n) is 15.1. The fourth-order valence-corrected chi connectivity index (χ4v) is 6.60. The fourth-order valence-electron chi connectivity index (χ4n) is 6.03. The van der Waals surface area contributed by atoms with Crippen molar-refractivity contribution in [2.75, 3.05) is 11.9 Å². The number of amides is 1. The van der Waals surface area contributed by atoms with Gasteiger partial charge in [0.05, 0.1) is 23.1 Å². The maximum absolute atomic E-state index is 13.5. The minimum atomic E-state index is -0.546. The number of ether oxygens (including phenoxy) is 2. The molecule has 0 saturated carbocycles. The van der Waals surface area contributed by atoms with Gasteiger partial charge in [-0.1, -0.05) is 46.2 Å². The lowest BCUT2D eigenvalue weighted by molar-refractivity contribution is -0.118. The molecule has 0 radical (unpaired) electrons. The summed E-state index contributed by atoms with van der Waals surface area (Å²) in [5.74, 6) is 0.448. The number of aliphatic imine (C=N–C) groups is 1. The summed E-state index contributed by atoms with van der Waals surface area (Å²) in [6, 6.07) is 13.9. The SMILES string of the molecule is CCCC1CC(=O)C2=C(C1)N=C(C)C(C#N)C2c1cc(Br)c(OCc2cccc(NC(=O)CC(C)(C)C)c2)c(OCC)c1. The van der Waals surface area contributed by atoms with Crippen molar-refractivity contribution in [3.05, 3.63) is 63.3 Å². The van der Waals surface area contributed by atoms with Crippen molar-refractivity contribution in [3.63, 3.8) is 0 Å². The topological polar surface area (TPSA) is 101 Å². The van der Waals surface area contributed by atoms with Crippen LogP contribution in [0, 0.1) is 28.6 Å². The number of rotatable bonds is 10. The summed E-state index contributed by atoms with van der Waals surface area (Å²) in [7, 11) is 0. The molecular formula is C35H42BrN3O4. The fraction of sp³-hybridized carbons (Fsp3) is 0.486. The number of halogens is 1. The number of allylic oxidation sites excluding steroid dienone is 2. The van der Waals surface area contributed by atoms with Crippen molar-refractivity contribution in [1.82, 2.24) is 0 Å². The van der Waals surface area contributed by atoms with E-state index in [4.69, 9.17) is 14.5 Å². The van der Waals surface area contributed by atoms with Gasteiger partial charge in [0, 0.05) is 41.4 Å². The van der Waals surface area contributed by atoms with Crippen LogP contribution < -0.4 is 14.8 Å². The highest BCUT2D eigenvalue weighted by Gasteiger charge is 2.41. The summed E-state index contributed by atoms with van der Waals surface area (Å²) in [5, 5.41) is 13.2. The highest BCUT2D eigenvalue weighted by molar-refractivity contribution is 9.10. The van der Waals surface area contributed by atoms with Crippen molar-refractivity contribution in [2.24, 2.45) is 22.2 Å². The van der Waals surface area contributed by atoms with Crippen LogP contribution in [0.5, 0.6) is 11.5 Å². The van der Waals surface area contributed by atoms with Gasteiger partial charge in [0.2, 0.25) is 5.91 Å². The minimum Gasteiger partial charge on any atom is -0.490 e. The zero-order valence-electron chi connectivity index (χ0n) is 26.1. The van der Waals surface area contributed by atoms with Crippen molar-refractivity contribution in [2.45, 2.75) is 86.2 Å². The van der Waals surface area contributed by atoms with Gasteiger partial charge in [-0.25, -0.2) is 0 Å². The number of hydrogen-bond donors (Lipinski definition) is 1. The van der Waals surface area contributed by atoms with Crippen LogP contribution in [0.25, 0.3) is 0 Å². The number of carbonyl (C=O) groups is 2. The molecule has 7 nitrogen and oxygen atoms in total. The van der Waals surface area contributed by atoms with Gasteiger partial charge in [-0.3, -0.25) is 14.6 Å². The lowest BCUT2D eigenvalue weighted by Crippen LogP contribution is -2.32. The Morgan fingerprint density at radius 3 is 2.60 bits per heavy atom. The van der Waals surface area contributed by atoms with E-state index in [1.807, 2.05) is 71.0 Å². The Morgan fingerprint density at radius 2 is 1.93 bits per heavy atom. The van der Waals surface area contributed by atoms with Gasteiger partial charge in [0.15, 0.2) is 17.3 Å². The van der Waals surface area contributed by atoms with Crippen LogP contribution in [0.15, 0.2) is 57.1 Å². The molecule has 0 spiro atoms. The van der Waals surface area contributed by atoms with Gasteiger partial charge >= 0.3 is 0 Å². The zero-order chi connectivity index (χ0) is 31.3. The third-order valence-corrected chi connectivity index (χ3v) is 8.37. The van der Waals surface area contributed by atoms with E-state index in [1.165, 1.54) is 0 Å².